The third kappa shape index (κ3) is 1.70. The third-order valence-corrected chi connectivity index (χ3v) is 4.43. The molecule has 0 unspecified atom stereocenters. The second kappa shape index (κ2) is 4.28. The van der Waals surface area contributed by atoms with Gasteiger partial charge in [0.15, 0.2) is 5.82 Å². The van der Waals surface area contributed by atoms with Crippen molar-refractivity contribution in [1.29, 1.82) is 0 Å². The van der Waals surface area contributed by atoms with Crippen LogP contribution in [0, 0.1) is 0 Å². The number of nitrogens with two attached hydrogens (primary N) is 1. The summed E-state index contributed by atoms with van der Waals surface area (Å²) in [6.45, 7) is 0. The van der Waals surface area contributed by atoms with E-state index in [-0.39, 0.29) is 0 Å². The molecule has 6 nitrogen and oxygen atoms in total. The fourth-order valence-corrected chi connectivity index (χ4v) is 3.46. The van der Waals surface area contributed by atoms with Crippen LogP contribution in [0.25, 0.3) is 5.69 Å². The first kappa shape index (κ1) is 12.3. The molecule has 1 aliphatic carbocycles. The Bertz CT molecular complexity index is 804. The molecule has 1 aromatic heterocycles. The second-order valence-corrected chi connectivity index (χ2v) is 6.04. The van der Waals surface area contributed by atoms with E-state index in [4.69, 9.17) is 28.9 Å². The molecule has 9 heteroatoms. The van der Waals surface area contributed by atoms with E-state index in [1.54, 1.807) is 10.7 Å². The minimum absolute atomic E-state index is 0.387. The number of nitrogens with zero attached hydrogens (tertiary/aromatic N) is 5. The molecule has 0 radical (unpaired) electrons. The van der Waals surface area contributed by atoms with Crippen LogP contribution in [0.2, 0.25) is 10.0 Å². The maximum Gasteiger partial charge on any atom is 0.169 e. The van der Waals surface area contributed by atoms with Gasteiger partial charge in [-0.2, -0.15) is 8.73 Å². The first-order chi connectivity index (χ1) is 9.66. The number of aromatic nitrogens is 3. The van der Waals surface area contributed by atoms with E-state index in [1.165, 1.54) is 0 Å². The monoisotopic (exact) mass is 326 g/mol. The van der Waals surface area contributed by atoms with Crippen LogP contribution in [-0.2, 0) is 11.4 Å². The highest BCUT2D eigenvalue weighted by Gasteiger charge is 2.33. The van der Waals surface area contributed by atoms with Crippen LogP contribution in [0.3, 0.4) is 0 Å². The number of rotatable bonds is 2. The van der Waals surface area contributed by atoms with Gasteiger partial charge in [-0.05, 0) is 18.9 Å². The van der Waals surface area contributed by atoms with Crippen molar-refractivity contribution in [1.82, 2.24) is 15.0 Å². The SMILES string of the molecule is Nc1nnn(-c2c(Cl)cc(Cl)c3c2N=S=N3)c1C1CC1. The van der Waals surface area contributed by atoms with E-state index < -0.39 is 0 Å². The van der Waals surface area contributed by atoms with E-state index in [9.17, 15) is 0 Å². The standard InChI is InChI=1S/C11H8Cl2N6S/c12-5-3-6(13)10(8-7(5)16-20-17-8)19-9(4-1-2-4)11(14)15-18-19/h3-4H,1-2,14H2. The van der Waals surface area contributed by atoms with Crippen molar-refractivity contribution in [2.75, 3.05) is 5.73 Å². The molecule has 1 saturated carbocycles. The van der Waals surface area contributed by atoms with Crippen LogP contribution >= 0.6 is 23.2 Å². The number of anilines is 1. The molecule has 2 N–H and O–H groups in total. The normalized spacial score (nSPS) is 16.3. The predicted octanol–water partition coefficient (Wildman–Crippen LogP) is 3.76. The Balaban J connectivity index is 2.01. The molecule has 2 aliphatic rings. The zero-order valence-corrected chi connectivity index (χ0v) is 12.4. The van der Waals surface area contributed by atoms with Gasteiger partial charge in [0.05, 0.1) is 27.1 Å². The first-order valence-corrected chi connectivity index (χ1v) is 7.47. The van der Waals surface area contributed by atoms with Gasteiger partial charge in [0.2, 0.25) is 0 Å². The van der Waals surface area contributed by atoms with E-state index in [0.717, 1.165) is 29.9 Å². The van der Waals surface area contributed by atoms with Crippen molar-refractivity contribution < 1.29 is 0 Å². The maximum atomic E-state index is 6.33. The van der Waals surface area contributed by atoms with Gasteiger partial charge >= 0.3 is 0 Å². The van der Waals surface area contributed by atoms with Crippen LogP contribution < -0.4 is 5.73 Å². The summed E-state index contributed by atoms with van der Waals surface area (Å²) >= 11 is 13.5. The number of fused-ring (bicyclic) bond motifs is 1. The number of nitrogen functional groups attached to an aromatic ring is 1. The van der Waals surface area contributed by atoms with Gasteiger partial charge in [0.1, 0.15) is 17.1 Å². The molecular weight excluding hydrogens is 319 g/mol. The number of benzene rings is 1. The highest BCUT2D eigenvalue weighted by molar-refractivity contribution is 7.58. The lowest BCUT2D eigenvalue weighted by Gasteiger charge is -2.11. The Hall–Kier alpha value is -1.44. The summed E-state index contributed by atoms with van der Waals surface area (Å²) in [5, 5.41) is 9.02. The molecule has 1 fully saturated rings. The van der Waals surface area contributed by atoms with Gasteiger partial charge in [-0.3, -0.25) is 0 Å². The number of hydrogen-bond donors (Lipinski definition) is 1. The van der Waals surface area contributed by atoms with Crippen molar-refractivity contribution in [3.05, 3.63) is 21.8 Å². The summed E-state index contributed by atoms with van der Waals surface area (Å²) in [4.78, 5) is 0. The summed E-state index contributed by atoms with van der Waals surface area (Å²) in [5.41, 5.74) is 8.70. The predicted molar refractivity (Wildman–Crippen MR) is 79.3 cm³/mol. The zero-order chi connectivity index (χ0) is 13.9. The average molecular weight is 327 g/mol. The highest BCUT2D eigenvalue weighted by atomic mass is 35.5. The van der Waals surface area contributed by atoms with Gasteiger partial charge in [0, 0.05) is 5.92 Å². The Morgan fingerprint density at radius 1 is 1.20 bits per heavy atom. The van der Waals surface area contributed by atoms with Crippen LogP contribution in [0.4, 0.5) is 17.2 Å². The van der Waals surface area contributed by atoms with Gasteiger partial charge in [-0.1, -0.05) is 28.4 Å². The first-order valence-electron chi connectivity index (χ1n) is 5.98. The molecule has 2 aromatic rings. The molecule has 0 spiro atoms. The van der Waals surface area contributed by atoms with Crippen molar-refractivity contribution in [2.24, 2.45) is 8.73 Å². The molecule has 0 amide bonds. The van der Waals surface area contributed by atoms with Gasteiger partial charge in [0.25, 0.3) is 0 Å². The molecule has 2 heterocycles. The van der Waals surface area contributed by atoms with Crippen molar-refractivity contribution in [3.63, 3.8) is 0 Å². The summed E-state index contributed by atoms with van der Waals surface area (Å²) in [5.74, 6) is 0.827. The van der Waals surface area contributed by atoms with Gasteiger partial charge in [-0.15, -0.1) is 5.10 Å². The fraction of sp³-hybridized carbons (Fsp3) is 0.273. The topological polar surface area (TPSA) is 81.5 Å². The van der Waals surface area contributed by atoms with E-state index >= 15 is 0 Å². The second-order valence-electron chi connectivity index (χ2n) is 4.70. The molecule has 1 aromatic carbocycles. The Morgan fingerprint density at radius 2 is 1.95 bits per heavy atom. The lowest BCUT2D eigenvalue weighted by atomic mass is 10.2. The Labute approximate surface area is 127 Å². The minimum Gasteiger partial charge on any atom is -0.381 e. The largest absolute Gasteiger partial charge is 0.381 e. The van der Waals surface area contributed by atoms with Crippen LogP contribution in [0.1, 0.15) is 24.5 Å². The lowest BCUT2D eigenvalue weighted by Crippen LogP contribution is -2.04. The summed E-state index contributed by atoms with van der Waals surface area (Å²) in [7, 11) is 0. The summed E-state index contributed by atoms with van der Waals surface area (Å²) in [6, 6.07) is 1.65. The molecule has 0 saturated heterocycles. The van der Waals surface area contributed by atoms with E-state index in [1.807, 2.05) is 0 Å². The minimum atomic E-state index is 0.387. The van der Waals surface area contributed by atoms with Gasteiger partial charge in [-0.25, -0.2) is 4.68 Å². The smallest absolute Gasteiger partial charge is 0.169 e. The highest BCUT2D eigenvalue weighted by Crippen LogP contribution is 2.49. The molecule has 0 atom stereocenters. The molecule has 20 heavy (non-hydrogen) atoms. The number of hydrogen-bond acceptors (Lipinski definition) is 5. The number of halogens is 2. The van der Waals surface area contributed by atoms with Crippen molar-refractivity contribution >= 4 is 51.7 Å². The molecule has 0 bridgehead atoms. The molecule has 102 valence electrons. The van der Waals surface area contributed by atoms with Crippen molar-refractivity contribution in [2.45, 2.75) is 18.8 Å². The maximum absolute atomic E-state index is 6.33. The van der Waals surface area contributed by atoms with Crippen LogP contribution in [0.15, 0.2) is 14.8 Å². The third-order valence-electron chi connectivity index (χ3n) is 3.33. The summed E-state index contributed by atoms with van der Waals surface area (Å²) in [6.07, 6.45) is 2.17. The van der Waals surface area contributed by atoms with Crippen LogP contribution in [0.5, 0.6) is 0 Å². The van der Waals surface area contributed by atoms with Crippen LogP contribution in [-0.4, -0.2) is 15.0 Å². The average Bonchev–Trinajstić information content (AvgIpc) is 2.98. The van der Waals surface area contributed by atoms with Crippen molar-refractivity contribution in [3.8, 4) is 5.69 Å². The zero-order valence-electron chi connectivity index (χ0n) is 10.0. The molecule has 4 rings (SSSR count). The quantitative estimate of drug-likeness (QED) is 0.778. The Kier molecular flexibility index (Phi) is 2.63. The Morgan fingerprint density at radius 3 is 2.70 bits per heavy atom. The van der Waals surface area contributed by atoms with E-state index in [2.05, 4.69) is 19.0 Å². The molecular formula is C11H8Cl2N6S. The fourth-order valence-electron chi connectivity index (χ4n) is 2.27. The van der Waals surface area contributed by atoms with Gasteiger partial charge < -0.3 is 5.73 Å². The lowest BCUT2D eigenvalue weighted by molar-refractivity contribution is 0.765. The summed E-state index contributed by atoms with van der Waals surface area (Å²) < 4.78 is 10.1. The van der Waals surface area contributed by atoms with E-state index in [0.29, 0.717) is 38.8 Å². The molecule has 1 aliphatic heterocycles.